The van der Waals surface area contributed by atoms with Crippen molar-refractivity contribution in [1.82, 2.24) is 10.6 Å². The molecule has 1 saturated carbocycles. The molecule has 1 amide bonds. The van der Waals surface area contributed by atoms with Gasteiger partial charge in [-0.2, -0.15) is 0 Å². The van der Waals surface area contributed by atoms with Crippen LogP contribution in [0, 0.1) is 5.82 Å². The fourth-order valence-electron chi connectivity index (χ4n) is 3.29. The minimum atomic E-state index is -0.421. The molecule has 4 nitrogen and oxygen atoms in total. The van der Waals surface area contributed by atoms with Gasteiger partial charge in [0.05, 0.1) is 13.5 Å². The van der Waals surface area contributed by atoms with E-state index in [0.29, 0.717) is 16.6 Å². The molecule has 2 aromatic rings. The molecule has 2 N–H and O–H groups in total. The second-order valence-electron chi connectivity index (χ2n) is 6.94. The molecule has 0 heterocycles. The van der Waals surface area contributed by atoms with E-state index in [1.807, 2.05) is 12.1 Å². The van der Waals surface area contributed by atoms with Gasteiger partial charge in [0.1, 0.15) is 11.6 Å². The molecule has 0 aliphatic heterocycles. The van der Waals surface area contributed by atoms with Gasteiger partial charge in [-0.1, -0.05) is 23.7 Å². The maximum Gasteiger partial charge on any atom is 0.224 e. The van der Waals surface area contributed by atoms with E-state index in [0.717, 1.165) is 31.6 Å². The number of rotatable bonds is 8. The van der Waals surface area contributed by atoms with Crippen LogP contribution < -0.4 is 15.4 Å². The SMILES string of the molecule is COc1ccc(CCNC2CC(NC(=O)Cc3cc(F)cc(Cl)c3)C2)cc1. The van der Waals surface area contributed by atoms with Crippen LogP contribution >= 0.6 is 11.6 Å². The number of halogens is 2. The molecule has 1 aliphatic rings. The number of hydrogen-bond donors (Lipinski definition) is 2. The van der Waals surface area contributed by atoms with Gasteiger partial charge >= 0.3 is 0 Å². The molecular weight excluding hydrogens is 367 g/mol. The molecule has 27 heavy (non-hydrogen) atoms. The summed E-state index contributed by atoms with van der Waals surface area (Å²) in [5.74, 6) is 0.346. The molecule has 0 radical (unpaired) electrons. The zero-order chi connectivity index (χ0) is 19.2. The van der Waals surface area contributed by atoms with E-state index in [9.17, 15) is 9.18 Å². The third-order valence-electron chi connectivity index (χ3n) is 4.80. The Morgan fingerprint density at radius 3 is 2.56 bits per heavy atom. The maximum atomic E-state index is 13.3. The van der Waals surface area contributed by atoms with E-state index in [1.54, 1.807) is 13.2 Å². The second kappa shape index (κ2) is 9.20. The van der Waals surface area contributed by atoms with E-state index >= 15 is 0 Å². The minimum Gasteiger partial charge on any atom is -0.497 e. The lowest BCUT2D eigenvalue weighted by Crippen LogP contribution is -2.53. The topological polar surface area (TPSA) is 50.4 Å². The molecule has 0 unspecified atom stereocenters. The number of nitrogens with one attached hydrogen (secondary N) is 2. The third kappa shape index (κ3) is 5.94. The predicted octanol–water partition coefficient (Wildman–Crippen LogP) is 3.51. The van der Waals surface area contributed by atoms with Gasteiger partial charge in [0, 0.05) is 17.1 Å². The monoisotopic (exact) mass is 390 g/mol. The summed E-state index contributed by atoms with van der Waals surface area (Å²) in [7, 11) is 1.66. The Morgan fingerprint density at radius 1 is 1.15 bits per heavy atom. The van der Waals surface area contributed by atoms with Crippen LogP contribution in [0.5, 0.6) is 5.75 Å². The molecular formula is C21H24ClFN2O2. The van der Waals surface area contributed by atoms with Crippen molar-refractivity contribution in [3.05, 3.63) is 64.4 Å². The Bertz CT molecular complexity index is 756. The lowest BCUT2D eigenvalue weighted by atomic mass is 9.86. The summed E-state index contributed by atoms with van der Waals surface area (Å²) in [4.78, 5) is 12.1. The average Bonchev–Trinajstić information content (AvgIpc) is 2.59. The first-order valence-electron chi connectivity index (χ1n) is 9.12. The van der Waals surface area contributed by atoms with Gasteiger partial charge in [0.25, 0.3) is 0 Å². The summed E-state index contributed by atoms with van der Waals surface area (Å²) in [6.45, 7) is 0.902. The molecule has 1 aliphatic carbocycles. The maximum absolute atomic E-state index is 13.3. The summed E-state index contributed by atoms with van der Waals surface area (Å²) in [5, 5.41) is 6.82. The normalized spacial score (nSPS) is 18.6. The molecule has 0 bridgehead atoms. The van der Waals surface area contributed by atoms with Crippen LogP contribution in [-0.4, -0.2) is 31.6 Å². The second-order valence-corrected chi connectivity index (χ2v) is 7.38. The molecule has 0 saturated heterocycles. The van der Waals surface area contributed by atoms with Gasteiger partial charge < -0.3 is 15.4 Å². The van der Waals surface area contributed by atoms with Gasteiger partial charge in [0.2, 0.25) is 5.91 Å². The van der Waals surface area contributed by atoms with Crippen LogP contribution in [0.2, 0.25) is 5.02 Å². The minimum absolute atomic E-state index is 0.0988. The summed E-state index contributed by atoms with van der Waals surface area (Å²) in [6, 6.07) is 12.9. The zero-order valence-electron chi connectivity index (χ0n) is 15.3. The molecule has 3 rings (SSSR count). The van der Waals surface area contributed by atoms with Gasteiger partial charge in [0.15, 0.2) is 0 Å². The lowest BCUT2D eigenvalue weighted by molar-refractivity contribution is -0.121. The van der Waals surface area contributed by atoms with Crippen molar-refractivity contribution in [2.75, 3.05) is 13.7 Å². The van der Waals surface area contributed by atoms with Crippen LogP contribution in [-0.2, 0) is 17.6 Å². The molecule has 0 atom stereocenters. The Balaban J connectivity index is 1.32. The van der Waals surface area contributed by atoms with E-state index in [4.69, 9.17) is 16.3 Å². The van der Waals surface area contributed by atoms with Gasteiger partial charge in [-0.25, -0.2) is 4.39 Å². The van der Waals surface area contributed by atoms with Crippen molar-refractivity contribution < 1.29 is 13.9 Å². The van der Waals surface area contributed by atoms with Crippen molar-refractivity contribution >= 4 is 17.5 Å². The lowest BCUT2D eigenvalue weighted by Gasteiger charge is -2.36. The summed E-state index contributed by atoms with van der Waals surface area (Å²) < 4.78 is 18.5. The first-order chi connectivity index (χ1) is 13.0. The highest BCUT2D eigenvalue weighted by molar-refractivity contribution is 6.30. The van der Waals surface area contributed by atoms with E-state index in [-0.39, 0.29) is 18.4 Å². The Kier molecular flexibility index (Phi) is 6.69. The number of amides is 1. The van der Waals surface area contributed by atoms with Crippen LogP contribution in [0.3, 0.4) is 0 Å². The van der Waals surface area contributed by atoms with Crippen molar-refractivity contribution in [3.8, 4) is 5.75 Å². The Hall–Kier alpha value is -2.11. The average molecular weight is 391 g/mol. The van der Waals surface area contributed by atoms with Crippen LogP contribution in [0.1, 0.15) is 24.0 Å². The van der Waals surface area contributed by atoms with Gasteiger partial charge in [-0.15, -0.1) is 0 Å². The van der Waals surface area contributed by atoms with E-state index in [1.165, 1.54) is 17.7 Å². The van der Waals surface area contributed by atoms with E-state index < -0.39 is 5.82 Å². The number of carbonyl (C=O) groups is 1. The molecule has 6 heteroatoms. The van der Waals surface area contributed by atoms with Crippen LogP contribution in [0.4, 0.5) is 4.39 Å². The third-order valence-corrected chi connectivity index (χ3v) is 5.01. The largest absolute Gasteiger partial charge is 0.497 e. The summed E-state index contributed by atoms with van der Waals surface area (Å²) in [6.07, 6.45) is 2.93. The fourth-order valence-corrected chi connectivity index (χ4v) is 3.54. The highest BCUT2D eigenvalue weighted by atomic mass is 35.5. The Morgan fingerprint density at radius 2 is 1.89 bits per heavy atom. The summed E-state index contributed by atoms with van der Waals surface area (Å²) >= 11 is 5.82. The highest BCUT2D eigenvalue weighted by Crippen LogP contribution is 2.21. The van der Waals surface area contributed by atoms with Gasteiger partial charge in [-0.3, -0.25) is 4.79 Å². The number of methoxy groups -OCH3 is 1. The quantitative estimate of drug-likeness (QED) is 0.725. The summed E-state index contributed by atoms with van der Waals surface area (Å²) in [5.41, 5.74) is 1.85. The highest BCUT2D eigenvalue weighted by Gasteiger charge is 2.29. The zero-order valence-corrected chi connectivity index (χ0v) is 16.1. The standard InChI is InChI=1S/C21H24ClFN2O2/c1-27-20-4-2-14(3-5-20)6-7-24-18-12-19(13-18)25-21(26)10-15-8-16(22)11-17(23)9-15/h2-5,8-9,11,18-19,24H,6-7,10,12-13H2,1H3,(H,25,26). The molecule has 144 valence electrons. The van der Waals surface area contributed by atoms with Crippen molar-refractivity contribution in [2.24, 2.45) is 0 Å². The fraction of sp³-hybridized carbons (Fsp3) is 0.381. The number of hydrogen-bond acceptors (Lipinski definition) is 3. The van der Waals surface area contributed by atoms with Crippen LogP contribution in [0.25, 0.3) is 0 Å². The molecule has 0 aromatic heterocycles. The first kappa shape index (κ1) is 19.6. The smallest absolute Gasteiger partial charge is 0.224 e. The van der Waals surface area contributed by atoms with E-state index in [2.05, 4.69) is 22.8 Å². The van der Waals surface area contributed by atoms with Crippen molar-refractivity contribution in [2.45, 2.75) is 37.8 Å². The number of ether oxygens (including phenoxy) is 1. The predicted molar refractivity (Wildman–Crippen MR) is 105 cm³/mol. The first-order valence-corrected chi connectivity index (χ1v) is 9.50. The Labute approximate surface area is 164 Å². The van der Waals surface area contributed by atoms with Crippen molar-refractivity contribution in [3.63, 3.8) is 0 Å². The number of benzene rings is 2. The molecule has 2 aromatic carbocycles. The molecule has 1 fully saturated rings. The van der Waals surface area contributed by atoms with Crippen LogP contribution in [0.15, 0.2) is 42.5 Å². The van der Waals surface area contributed by atoms with Gasteiger partial charge in [-0.05, 0) is 67.3 Å². The van der Waals surface area contributed by atoms with Crippen molar-refractivity contribution in [1.29, 1.82) is 0 Å². The molecule has 0 spiro atoms. The number of carbonyl (C=O) groups excluding carboxylic acids is 1.